The van der Waals surface area contributed by atoms with Crippen molar-refractivity contribution in [2.75, 3.05) is 5.32 Å². The van der Waals surface area contributed by atoms with Crippen LogP contribution in [0.3, 0.4) is 0 Å². The summed E-state index contributed by atoms with van der Waals surface area (Å²) in [6.45, 7) is 6.88. The van der Waals surface area contributed by atoms with Crippen LogP contribution in [-0.2, 0) is 13.6 Å². The topological polar surface area (TPSA) is 41.9 Å². The van der Waals surface area contributed by atoms with E-state index in [2.05, 4.69) is 47.8 Å². The number of hydrogen-bond acceptors (Lipinski definition) is 2. The van der Waals surface area contributed by atoms with Crippen molar-refractivity contribution >= 4 is 23.0 Å². The van der Waals surface area contributed by atoms with Crippen molar-refractivity contribution in [3.05, 3.63) is 46.8 Å². The molecule has 2 N–H and O–H groups in total. The molecule has 0 fully saturated rings. The van der Waals surface area contributed by atoms with Gasteiger partial charge in [0.05, 0.1) is 6.20 Å². The number of benzene rings is 1. The van der Waals surface area contributed by atoms with Crippen LogP contribution in [0.15, 0.2) is 24.4 Å². The van der Waals surface area contributed by atoms with E-state index in [0.29, 0.717) is 11.7 Å². The minimum atomic E-state index is 0.623. The van der Waals surface area contributed by atoms with Crippen LogP contribution in [0.2, 0.25) is 0 Å². The van der Waals surface area contributed by atoms with Gasteiger partial charge in [0.25, 0.3) is 0 Å². The number of rotatable bonds is 3. The standard InChI is InChI=1S/C15H20N4S/c1-10-5-11(2)7-14(6-10)18-15(20)16-8-13-9-17-19(4)12(13)3/h5-7,9H,8H2,1-4H3,(H2,16,18,20). The minimum absolute atomic E-state index is 0.623. The van der Waals surface area contributed by atoms with Gasteiger partial charge in [-0.1, -0.05) is 6.07 Å². The second-order valence-electron chi connectivity index (χ2n) is 5.06. The Hall–Kier alpha value is -1.88. The molecular weight excluding hydrogens is 268 g/mol. The molecule has 0 saturated carbocycles. The Bertz CT molecular complexity index is 611. The molecule has 1 aromatic carbocycles. The Balaban J connectivity index is 1.94. The van der Waals surface area contributed by atoms with Gasteiger partial charge >= 0.3 is 0 Å². The quantitative estimate of drug-likeness (QED) is 0.852. The molecule has 2 rings (SSSR count). The van der Waals surface area contributed by atoms with E-state index in [1.165, 1.54) is 11.1 Å². The van der Waals surface area contributed by atoms with Crippen LogP contribution in [0.25, 0.3) is 0 Å². The fourth-order valence-corrected chi connectivity index (χ4v) is 2.31. The molecule has 0 saturated heterocycles. The summed E-state index contributed by atoms with van der Waals surface area (Å²) in [7, 11) is 1.94. The monoisotopic (exact) mass is 288 g/mol. The molecule has 1 aromatic heterocycles. The zero-order valence-electron chi connectivity index (χ0n) is 12.3. The van der Waals surface area contributed by atoms with E-state index in [0.717, 1.165) is 16.9 Å². The van der Waals surface area contributed by atoms with Gasteiger partial charge in [-0.3, -0.25) is 4.68 Å². The van der Waals surface area contributed by atoms with Crippen molar-refractivity contribution in [2.45, 2.75) is 27.3 Å². The maximum atomic E-state index is 5.32. The smallest absolute Gasteiger partial charge is 0.171 e. The van der Waals surface area contributed by atoms with Crippen molar-refractivity contribution < 1.29 is 0 Å². The molecule has 0 radical (unpaired) electrons. The molecule has 20 heavy (non-hydrogen) atoms. The molecule has 1 heterocycles. The van der Waals surface area contributed by atoms with Gasteiger partial charge in [-0.05, 0) is 56.2 Å². The second kappa shape index (κ2) is 6.05. The summed E-state index contributed by atoms with van der Waals surface area (Å²) in [5, 5.41) is 11.3. The number of anilines is 1. The Kier molecular flexibility index (Phi) is 4.39. The summed E-state index contributed by atoms with van der Waals surface area (Å²) in [5.74, 6) is 0. The number of aryl methyl sites for hydroxylation is 3. The average Bonchev–Trinajstić information content (AvgIpc) is 2.66. The summed E-state index contributed by atoms with van der Waals surface area (Å²) in [6.07, 6.45) is 1.86. The first kappa shape index (κ1) is 14.5. The van der Waals surface area contributed by atoms with E-state index < -0.39 is 0 Å². The molecule has 106 valence electrons. The molecule has 4 nitrogen and oxygen atoms in total. The Labute approximate surface area is 125 Å². The first-order valence-electron chi connectivity index (χ1n) is 6.56. The van der Waals surface area contributed by atoms with Crippen molar-refractivity contribution in [2.24, 2.45) is 7.05 Å². The molecule has 0 aliphatic rings. The third-order valence-corrected chi connectivity index (χ3v) is 3.50. The Morgan fingerprint density at radius 1 is 1.20 bits per heavy atom. The number of nitrogens with one attached hydrogen (secondary N) is 2. The highest BCUT2D eigenvalue weighted by Gasteiger charge is 2.04. The van der Waals surface area contributed by atoms with Crippen LogP contribution in [0, 0.1) is 20.8 Å². The lowest BCUT2D eigenvalue weighted by molar-refractivity contribution is 0.736. The van der Waals surface area contributed by atoms with E-state index in [-0.39, 0.29) is 0 Å². The summed E-state index contributed by atoms with van der Waals surface area (Å²) in [4.78, 5) is 0. The largest absolute Gasteiger partial charge is 0.358 e. The number of hydrogen-bond donors (Lipinski definition) is 2. The lowest BCUT2D eigenvalue weighted by Crippen LogP contribution is -2.28. The van der Waals surface area contributed by atoms with E-state index >= 15 is 0 Å². The normalized spacial score (nSPS) is 10.4. The highest BCUT2D eigenvalue weighted by atomic mass is 32.1. The number of nitrogens with zero attached hydrogens (tertiary/aromatic N) is 2. The van der Waals surface area contributed by atoms with Crippen LogP contribution in [0.5, 0.6) is 0 Å². The van der Waals surface area contributed by atoms with Gasteiger partial charge < -0.3 is 10.6 Å². The molecule has 0 spiro atoms. The van der Waals surface area contributed by atoms with Gasteiger partial charge in [0.1, 0.15) is 0 Å². The second-order valence-corrected chi connectivity index (χ2v) is 5.47. The Morgan fingerprint density at radius 3 is 2.40 bits per heavy atom. The van der Waals surface area contributed by atoms with Crippen LogP contribution in [-0.4, -0.2) is 14.9 Å². The fourth-order valence-electron chi connectivity index (χ4n) is 2.12. The van der Waals surface area contributed by atoms with Crippen LogP contribution in [0.4, 0.5) is 5.69 Å². The highest BCUT2D eigenvalue weighted by molar-refractivity contribution is 7.80. The van der Waals surface area contributed by atoms with Crippen molar-refractivity contribution in [3.63, 3.8) is 0 Å². The molecular formula is C15H20N4S. The summed E-state index contributed by atoms with van der Waals surface area (Å²) in [6, 6.07) is 6.30. The maximum absolute atomic E-state index is 5.32. The van der Waals surface area contributed by atoms with Gasteiger partial charge in [-0.2, -0.15) is 5.10 Å². The van der Waals surface area contributed by atoms with Crippen LogP contribution in [0.1, 0.15) is 22.4 Å². The van der Waals surface area contributed by atoms with Gasteiger partial charge in [0.15, 0.2) is 5.11 Å². The molecule has 0 amide bonds. The molecule has 5 heteroatoms. The predicted molar refractivity (Wildman–Crippen MR) is 86.9 cm³/mol. The van der Waals surface area contributed by atoms with Crippen molar-refractivity contribution in [3.8, 4) is 0 Å². The molecule has 2 aromatic rings. The predicted octanol–water partition coefficient (Wildman–Crippen LogP) is 2.83. The van der Waals surface area contributed by atoms with E-state index in [9.17, 15) is 0 Å². The number of aromatic nitrogens is 2. The molecule has 0 bridgehead atoms. The summed E-state index contributed by atoms with van der Waals surface area (Å²) in [5.41, 5.74) is 5.75. The Morgan fingerprint density at radius 2 is 1.85 bits per heavy atom. The van der Waals surface area contributed by atoms with Crippen LogP contribution >= 0.6 is 12.2 Å². The lowest BCUT2D eigenvalue weighted by atomic mass is 10.1. The minimum Gasteiger partial charge on any atom is -0.358 e. The van der Waals surface area contributed by atoms with Gasteiger partial charge in [-0.25, -0.2) is 0 Å². The SMILES string of the molecule is Cc1cc(C)cc(NC(=S)NCc2cnn(C)c2C)c1. The van der Waals surface area contributed by atoms with Gasteiger partial charge in [0, 0.05) is 30.5 Å². The average molecular weight is 288 g/mol. The van der Waals surface area contributed by atoms with Gasteiger partial charge in [-0.15, -0.1) is 0 Å². The molecule has 0 atom stereocenters. The van der Waals surface area contributed by atoms with E-state index in [4.69, 9.17) is 12.2 Å². The zero-order chi connectivity index (χ0) is 14.7. The summed E-state index contributed by atoms with van der Waals surface area (Å²) < 4.78 is 1.86. The van der Waals surface area contributed by atoms with E-state index in [1.807, 2.05) is 24.9 Å². The first-order valence-corrected chi connectivity index (χ1v) is 6.97. The highest BCUT2D eigenvalue weighted by Crippen LogP contribution is 2.13. The lowest BCUT2D eigenvalue weighted by Gasteiger charge is -2.11. The first-order chi connectivity index (χ1) is 9.45. The fraction of sp³-hybridized carbons (Fsp3) is 0.333. The molecule has 0 aliphatic heterocycles. The third kappa shape index (κ3) is 3.57. The maximum Gasteiger partial charge on any atom is 0.171 e. The summed E-state index contributed by atoms with van der Waals surface area (Å²) >= 11 is 5.32. The van der Waals surface area contributed by atoms with E-state index in [1.54, 1.807) is 0 Å². The van der Waals surface area contributed by atoms with Crippen LogP contribution < -0.4 is 10.6 Å². The molecule has 0 aliphatic carbocycles. The van der Waals surface area contributed by atoms with Crippen molar-refractivity contribution in [1.29, 1.82) is 0 Å². The van der Waals surface area contributed by atoms with Crippen molar-refractivity contribution in [1.82, 2.24) is 15.1 Å². The van der Waals surface area contributed by atoms with Gasteiger partial charge in [0.2, 0.25) is 0 Å². The molecule has 0 unspecified atom stereocenters. The zero-order valence-corrected chi connectivity index (χ0v) is 13.1. The third-order valence-electron chi connectivity index (χ3n) is 3.26. The number of thiocarbonyl (C=S) groups is 1.